The molecule has 0 bridgehead atoms. The Kier molecular flexibility index (Phi) is 7.35. The van der Waals surface area contributed by atoms with Crippen LogP contribution < -0.4 is 4.72 Å². The molecular formula is C8H18INO2S. The average Bonchev–Trinajstić information content (AvgIpc) is 2.03. The van der Waals surface area contributed by atoms with Crippen LogP contribution in [0.2, 0.25) is 0 Å². The van der Waals surface area contributed by atoms with Crippen LogP contribution in [0.1, 0.15) is 33.1 Å². The molecule has 0 amide bonds. The first-order valence-electron chi connectivity index (χ1n) is 4.55. The molecule has 0 saturated carbocycles. The van der Waals surface area contributed by atoms with Gasteiger partial charge in [-0.05, 0) is 31.1 Å². The third-order valence-electron chi connectivity index (χ3n) is 1.73. The smallest absolute Gasteiger partial charge is 0.213 e. The maximum atomic E-state index is 11.3. The molecule has 0 aromatic rings. The van der Waals surface area contributed by atoms with Gasteiger partial charge in [0.15, 0.2) is 0 Å². The number of halogens is 1. The predicted molar refractivity (Wildman–Crippen MR) is 64.8 cm³/mol. The molecule has 0 unspecified atom stereocenters. The van der Waals surface area contributed by atoms with E-state index < -0.39 is 10.0 Å². The van der Waals surface area contributed by atoms with E-state index in [-0.39, 0.29) is 5.25 Å². The van der Waals surface area contributed by atoms with Gasteiger partial charge in [-0.25, -0.2) is 13.1 Å². The minimum Gasteiger partial charge on any atom is -0.215 e. The van der Waals surface area contributed by atoms with Gasteiger partial charge in [-0.3, -0.25) is 0 Å². The highest BCUT2D eigenvalue weighted by Crippen LogP contribution is 2.00. The summed E-state index contributed by atoms with van der Waals surface area (Å²) in [4.78, 5) is 0. The summed E-state index contributed by atoms with van der Waals surface area (Å²) in [5.41, 5.74) is 0. The first-order chi connectivity index (χ1) is 6.00. The van der Waals surface area contributed by atoms with E-state index in [1.807, 2.05) is 0 Å². The molecule has 0 aliphatic carbocycles. The Balaban J connectivity index is 3.53. The summed E-state index contributed by atoms with van der Waals surface area (Å²) in [6.45, 7) is 3.96. The van der Waals surface area contributed by atoms with Crippen LogP contribution in [-0.4, -0.2) is 24.6 Å². The second-order valence-electron chi connectivity index (χ2n) is 3.24. The SMILES string of the molecule is CC(C)S(=O)(=O)NCCCCCI. The highest BCUT2D eigenvalue weighted by atomic mass is 127. The van der Waals surface area contributed by atoms with Crippen LogP contribution in [0.15, 0.2) is 0 Å². The molecule has 13 heavy (non-hydrogen) atoms. The third-order valence-corrected chi connectivity index (χ3v) is 4.34. The van der Waals surface area contributed by atoms with Crippen molar-refractivity contribution in [2.75, 3.05) is 11.0 Å². The van der Waals surface area contributed by atoms with Crippen LogP contribution in [0.25, 0.3) is 0 Å². The molecule has 0 radical (unpaired) electrons. The zero-order chi connectivity index (χ0) is 10.3. The summed E-state index contributed by atoms with van der Waals surface area (Å²) in [7, 11) is -3.04. The Morgan fingerprint density at radius 3 is 2.31 bits per heavy atom. The Hall–Kier alpha value is 0.640. The summed E-state index contributed by atoms with van der Waals surface area (Å²) < 4.78 is 26.2. The summed E-state index contributed by atoms with van der Waals surface area (Å²) >= 11 is 2.33. The first kappa shape index (κ1) is 13.6. The lowest BCUT2D eigenvalue weighted by atomic mass is 10.3. The van der Waals surface area contributed by atoms with E-state index in [2.05, 4.69) is 27.3 Å². The lowest BCUT2D eigenvalue weighted by Gasteiger charge is -2.08. The maximum Gasteiger partial charge on any atom is 0.213 e. The maximum absolute atomic E-state index is 11.3. The highest BCUT2D eigenvalue weighted by Gasteiger charge is 2.13. The molecule has 0 atom stereocenters. The van der Waals surface area contributed by atoms with Gasteiger partial charge < -0.3 is 0 Å². The number of rotatable bonds is 7. The average molecular weight is 319 g/mol. The van der Waals surface area contributed by atoms with Gasteiger partial charge in [-0.15, -0.1) is 0 Å². The molecule has 0 spiro atoms. The molecule has 0 fully saturated rings. The molecule has 5 heteroatoms. The molecule has 0 saturated heterocycles. The van der Waals surface area contributed by atoms with Gasteiger partial charge in [0.1, 0.15) is 0 Å². The molecule has 0 aliphatic heterocycles. The normalized spacial score (nSPS) is 12.3. The number of alkyl halides is 1. The molecule has 0 aromatic heterocycles. The van der Waals surface area contributed by atoms with Crippen LogP contribution in [-0.2, 0) is 10.0 Å². The standard InChI is InChI=1S/C8H18INO2S/c1-8(2)13(11,12)10-7-5-3-4-6-9/h8,10H,3-7H2,1-2H3. The fourth-order valence-corrected chi connectivity index (χ4v) is 2.08. The number of hydrogen-bond donors (Lipinski definition) is 1. The van der Waals surface area contributed by atoms with E-state index in [0.29, 0.717) is 6.54 Å². The van der Waals surface area contributed by atoms with Gasteiger partial charge in [-0.1, -0.05) is 29.0 Å². The Morgan fingerprint density at radius 1 is 1.23 bits per heavy atom. The van der Waals surface area contributed by atoms with Crippen LogP contribution in [0.5, 0.6) is 0 Å². The fraction of sp³-hybridized carbons (Fsp3) is 1.00. The fourth-order valence-electron chi connectivity index (χ4n) is 0.777. The van der Waals surface area contributed by atoms with E-state index in [4.69, 9.17) is 0 Å². The Labute approximate surface area is 94.9 Å². The number of unbranched alkanes of at least 4 members (excludes halogenated alkanes) is 2. The van der Waals surface area contributed by atoms with Crippen LogP contribution in [0.3, 0.4) is 0 Å². The molecule has 3 nitrogen and oxygen atoms in total. The molecule has 0 aromatic carbocycles. The van der Waals surface area contributed by atoms with Crippen molar-refractivity contribution in [3.05, 3.63) is 0 Å². The van der Waals surface area contributed by atoms with Crippen molar-refractivity contribution >= 4 is 32.6 Å². The van der Waals surface area contributed by atoms with Crippen molar-refractivity contribution in [2.45, 2.75) is 38.4 Å². The van der Waals surface area contributed by atoms with E-state index in [1.165, 1.54) is 6.42 Å². The largest absolute Gasteiger partial charge is 0.215 e. The van der Waals surface area contributed by atoms with Crippen molar-refractivity contribution < 1.29 is 8.42 Å². The van der Waals surface area contributed by atoms with E-state index in [1.54, 1.807) is 13.8 Å². The second-order valence-corrected chi connectivity index (χ2v) is 6.64. The van der Waals surface area contributed by atoms with E-state index in [9.17, 15) is 8.42 Å². The minimum atomic E-state index is -3.04. The van der Waals surface area contributed by atoms with Crippen molar-refractivity contribution in [3.8, 4) is 0 Å². The van der Waals surface area contributed by atoms with Gasteiger partial charge in [0.25, 0.3) is 0 Å². The Morgan fingerprint density at radius 2 is 1.85 bits per heavy atom. The molecule has 0 rings (SSSR count). The van der Waals surface area contributed by atoms with Crippen LogP contribution >= 0.6 is 22.6 Å². The van der Waals surface area contributed by atoms with Gasteiger partial charge in [0.05, 0.1) is 5.25 Å². The molecular weight excluding hydrogens is 301 g/mol. The zero-order valence-corrected chi connectivity index (χ0v) is 11.2. The first-order valence-corrected chi connectivity index (χ1v) is 7.62. The van der Waals surface area contributed by atoms with Crippen molar-refractivity contribution in [2.24, 2.45) is 0 Å². The summed E-state index contributed by atoms with van der Waals surface area (Å²) in [6.07, 6.45) is 3.21. The van der Waals surface area contributed by atoms with Crippen molar-refractivity contribution in [1.29, 1.82) is 0 Å². The summed E-state index contributed by atoms with van der Waals surface area (Å²) in [5, 5.41) is -0.322. The Bertz CT molecular complexity index is 214. The monoisotopic (exact) mass is 319 g/mol. The predicted octanol–water partition coefficient (Wildman–Crippen LogP) is 1.92. The molecule has 1 N–H and O–H groups in total. The molecule has 0 aliphatic rings. The second kappa shape index (κ2) is 7.00. The number of hydrogen-bond acceptors (Lipinski definition) is 2. The van der Waals surface area contributed by atoms with E-state index in [0.717, 1.165) is 17.3 Å². The van der Waals surface area contributed by atoms with Crippen LogP contribution in [0.4, 0.5) is 0 Å². The minimum absolute atomic E-state index is 0.322. The van der Waals surface area contributed by atoms with Gasteiger partial charge in [0, 0.05) is 6.54 Å². The number of nitrogens with one attached hydrogen (secondary N) is 1. The quantitative estimate of drug-likeness (QED) is 0.443. The van der Waals surface area contributed by atoms with Gasteiger partial charge in [0.2, 0.25) is 10.0 Å². The van der Waals surface area contributed by atoms with E-state index >= 15 is 0 Å². The van der Waals surface area contributed by atoms with Crippen LogP contribution in [0, 0.1) is 0 Å². The lowest BCUT2D eigenvalue weighted by molar-refractivity contribution is 0.567. The van der Waals surface area contributed by atoms with Crippen molar-refractivity contribution in [1.82, 2.24) is 4.72 Å². The molecule has 80 valence electrons. The lowest BCUT2D eigenvalue weighted by Crippen LogP contribution is -2.31. The van der Waals surface area contributed by atoms with Gasteiger partial charge >= 0.3 is 0 Å². The van der Waals surface area contributed by atoms with Crippen molar-refractivity contribution in [3.63, 3.8) is 0 Å². The number of sulfonamides is 1. The van der Waals surface area contributed by atoms with Gasteiger partial charge in [-0.2, -0.15) is 0 Å². The zero-order valence-electron chi connectivity index (χ0n) is 8.22. The highest BCUT2D eigenvalue weighted by molar-refractivity contribution is 14.1. The topological polar surface area (TPSA) is 46.2 Å². The summed E-state index contributed by atoms with van der Waals surface area (Å²) in [5.74, 6) is 0. The summed E-state index contributed by atoms with van der Waals surface area (Å²) in [6, 6.07) is 0. The third kappa shape index (κ3) is 6.68. The molecule has 0 heterocycles.